The largest absolute Gasteiger partial charge is 0.435 e. The smallest absolute Gasteiger partial charge is 0.227 e. The molecule has 28 heavy (non-hydrogen) atoms. The van der Waals surface area contributed by atoms with Crippen LogP contribution < -0.4 is 0 Å². The molecule has 1 heterocycles. The van der Waals surface area contributed by atoms with Crippen LogP contribution in [0.2, 0.25) is 5.02 Å². The van der Waals surface area contributed by atoms with Crippen LogP contribution >= 0.6 is 11.6 Å². The molecule has 0 aliphatic carbocycles. The Morgan fingerprint density at radius 1 is 0.679 bits per heavy atom. The molecule has 0 saturated heterocycles. The van der Waals surface area contributed by atoms with Crippen molar-refractivity contribution in [1.82, 2.24) is 4.98 Å². The second-order valence-electron chi connectivity index (χ2n) is 6.96. The third kappa shape index (κ3) is 2.19. The standard InChI is InChI=1S/C25H14ClNO/c26-20-14-17-11-10-15-12-13-21-24(28-25(27-21)16-6-2-1-3-7-16)23(15)22(17)19-9-5-4-8-18(19)20/h1-14H. The Morgan fingerprint density at radius 3 is 2.25 bits per heavy atom. The summed E-state index contributed by atoms with van der Waals surface area (Å²) in [5.41, 5.74) is 2.65. The van der Waals surface area contributed by atoms with Gasteiger partial charge < -0.3 is 4.42 Å². The summed E-state index contributed by atoms with van der Waals surface area (Å²) in [6.07, 6.45) is 0. The van der Waals surface area contributed by atoms with Crippen LogP contribution in [0.4, 0.5) is 0 Å². The van der Waals surface area contributed by atoms with Gasteiger partial charge >= 0.3 is 0 Å². The molecule has 0 amide bonds. The van der Waals surface area contributed by atoms with Crippen LogP contribution in [0.15, 0.2) is 89.3 Å². The van der Waals surface area contributed by atoms with Gasteiger partial charge in [-0.2, -0.15) is 0 Å². The number of fused-ring (bicyclic) bond motifs is 7. The first kappa shape index (κ1) is 15.7. The molecule has 0 saturated carbocycles. The maximum absolute atomic E-state index is 6.55. The highest BCUT2D eigenvalue weighted by molar-refractivity contribution is 6.39. The van der Waals surface area contributed by atoms with E-state index in [4.69, 9.17) is 21.0 Å². The third-order valence-corrected chi connectivity index (χ3v) is 5.64. The summed E-state index contributed by atoms with van der Waals surface area (Å²) in [6.45, 7) is 0. The second kappa shape index (κ2) is 5.82. The van der Waals surface area contributed by atoms with E-state index in [1.807, 2.05) is 54.6 Å². The van der Waals surface area contributed by atoms with Gasteiger partial charge in [0.05, 0.1) is 0 Å². The normalized spacial score (nSPS) is 11.8. The Morgan fingerprint density at radius 2 is 1.39 bits per heavy atom. The number of hydrogen-bond donors (Lipinski definition) is 0. The minimum atomic E-state index is 0.637. The van der Waals surface area contributed by atoms with E-state index in [-0.39, 0.29) is 0 Å². The second-order valence-corrected chi connectivity index (χ2v) is 7.37. The summed E-state index contributed by atoms with van der Waals surface area (Å²) in [6, 6.07) is 28.7. The monoisotopic (exact) mass is 379 g/mol. The number of hydrogen-bond acceptors (Lipinski definition) is 2. The lowest BCUT2D eigenvalue weighted by Crippen LogP contribution is -1.83. The van der Waals surface area contributed by atoms with Crippen LogP contribution in [0.1, 0.15) is 0 Å². The fourth-order valence-electron chi connectivity index (χ4n) is 4.05. The van der Waals surface area contributed by atoms with E-state index in [1.54, 1.807) is 0 Å². The first-order valence-corrected chi connectivity index (χ1v) is 9.56. The van der Waals surface area contributed by atoms with E-state index in [0.29, 0.717) is 5.89 Å². The lowest BCUT2D eigenvalue weighted by Gasteiger charge is -2.09. The molecule has 0 fully saturated rings. The maximum atomic E-state index is 6.55. The highest BCUT2D eigenvalue weighted by Gasteiger charge is 2.15. The van der Waals surface area contributed by atoms with Crippen molar-refractivity contribution in [2.75, 3.05) is 0 Å². The Balaban J connectivity index is 1.82. The molecular weight excluding hydrogens is 366 g/mol. The van der Waals surface area contributed by atoms with Crippen molar-refractivity contribution in [3.8, 4) is 11.5 Å². The Bertz CT molecular complexity index is 1520. The number of aromatic nitrogens is 1. The first-order valence-electron chi connectivity index (χ1n) is 9.18. The van der Waals surface area contributed by atoms with Crippen molar-refractivity contribution in [2.24, 2.45) is 0 Å². The molecule has 5 aromatic carbocycles. The minimum Gasteiger partial charge on any atom is -0.435 e. The van der Waals surface area contributed by atoms with Gasteiger partial charge in [0.25, 0.3) is 0 Å². The van der Waals surface area contributed by atoms with Crippen LogP contribution in [0, 0.1) is 0 Å². The van der Waals surface area contributed by atoms with Gasteiger partial charge in [0.2, 0.25) is 5.89 Å². The van der Waals surface area contributed by atoms with Crippen LogP contribution in [-0.2, 0) is 0 Å². The van der Waals surface area contributed by atoms with Gasteiger partial charge in [-0.1, -0.05) is 72.3 Å². The number of halogens is 1. The van der Waals surface area contributed by atoms with Crippen LogP contribution in [0.3, 0.4) is 0 Å². The molecule has 132 valence electrons. The van der Waals surface area contributed by atoms with Gasteiger partial charge in [0, 0.05) is 26.7 Å². The predicted molar refractivity (Wildman–Crippen MR) is 117 cm³/mol. The molecule has 6 aromatic rings. The van der Waals surface area contributed by atoms with E-state index >= 15 is 0 Å². The summed E-state index contributed by atoms with van der Waals surface area (Å²) in [5, 5.41) is 7.39. The molecular formula is C25H14ClNO. The first-order chi connectivity index (χ1) is 13.8. The van der Waals surface area contributed by atoms with Crippen LogP contribution in [-0.4, -0.2) is 4.98 Å². The summed E-state index contributed by atoms with van der Waals surface area (Å²) >= 11 is 6.55. The van der Waals surface area contributed by atoms with Crippen molar-refractivity contribution in [3.63, 3.8) is 0 Å². The molecule has 0 bridgehead atoms. The number of nitrogens with zero attached hydrogens (tertiary/aromatic N) is 1. The van der Waals surface area contributed by atoms with Crippen molar-refractivity contribution in [3.05, 3.63) is 90.0 Å². The molecule has 6 rings (SSSR count). The van der Waals surface area contributed by atoms with Gasteiger partial charge in [-0.25, -0.2) is 4.98 Å². The quantitative estimate of drug-likeness (QED) is 0.275. The lowest BCUT2D eigenvalue weighted by atomic mass is 9.96. The van der Waals surface area contributed by atoms with Crippen molar-refractivity contribution in [2.45, 2.75) is 0 Å². The van der Waals surface area contributed by atoms with E-state index in [1.165, 1.54) is 0 Å². The fraction of sp³-hybridized carbons (Fsp3) is 0. The highest BCUT2D eigenvalue weighted by Crippen LogP contribution is 2.40. The average Bonchev–Trinajstić information content (AvgIpc) is 3.19. The van der Waals surface area contributed by atoms with E-state index in [9.17, 15) is 0 Å². The lowest BCUT2D eigenvalue weighted by molar-refractivity contribution is 0.623. The topological polar surface area (TPSA) is 26.0 Å². The Hall–Kier alpha value is -3.36. The zero-order valence-electron chi connectivity index (χ0n) is 14.8. The van der Waals surface area contributed by atoms with E-state index in [2.05, 4.69) is 30.3 Å². The SMILES string of the molecule is Clc1cc2ccc3ccc4nc(-c5ccccc5)oc4c3c2c2ccccc12. The van der Waals surface area contributed by atoms with Crippen molar-refractivity contribution in [1.29, 1.82) is 0 Å². The number of oxazole rings is 1. The molecule has 0 aliphatic rings. The zero-order valence-corrected chi connectivity index (χ0v) is 15.6. The molecule has 1 aromatic heterocycles. The molecule has 3 heteroatoms. The predicted octanol–water partition coefficient (Wildman–Crippen LogP) is 7.61. The molecule has 0 atom stereocenters. The molecule has 0 radical (unpaired) electrons. The minimum absolute atomic E-state index is 0.637. The summed E-state index contributed by atoms with van der Waals surface area (Å²) in [7, 11) is 0. The van der Waals surface area contributed by atoms with Gasteiger partial charge in [0.1, 0.15) is 5.52 Å². The summed E-state index contributed by atoms with van der Waals surface area (Å²) in [4.78, 5) is 4.74. The van der Waals surface area contributed by atoms with Gasteiger partial charge in [-0.05, 0) is 40.4 Å². The summed E-state index contributed by atoms with van der Waals surface area (Å²) in [5.74, 6) is 0.637. The third-order valence-electron chi connectivity index (χ3n) is 5.33. The average molecular weight is 380 g/mol. The molecule has 0 N–H and O–H groups in total. The maximum Gasteiger partial charge on any atom is 0.227 e. The highest BCUT2D eigenvalue weighted by atomic mass is 35.5. The van der Waals surface area contributed by atoms with Crippen LogP contribution in [0.5, 0.6) is 0 Å². The molecule has 2 nitrogen and oxygen atoms in total. The molecule has 0 unspecified atom stereocenters. The van der Waals surface area contributed by atoms with Crippen molar-refractivity contribution >= 4 is 55.0 Å². The fourth-order valence-corrected chi connectivity index (χ4v) is 4.33. The van der Waals surface area contributed by atoms with Gasteiger partial charge in [-0.15, -0.1) is 0 Å². The number of rotatable bonds is 1. The zero-order chi connectivity index (χ0) is 18.7. The summed E-state index contributed by atoms with van der Waals surface area (Å²) < 4.78 is 6.31. The van der Waals surface area contributed by atoms with Crippen molar-refractivity contribution < 1.29 is 4.42 Å². The van der Waals surface area contributed by atoms with E-state index < -0.39 is 0 Å². The van der Waals surface area contributed by atoms with Gasteiger partial charge in [0.15, 0.2) is 5.58 Å². The molecule has 0 spiro atoms. The Kier molecular flexibility index (Phi) is 3.26. The molecule has 0 aliphatic heterocycles. The van der Waals surface area contributed by atoms with Crippen LogP contribution in [0.25, 0.3) is 54.9 Å². The van der Waals surface area contributed by atoms with Gasteiger partial charge in [-0.3, -0.25) is 0 Å². The Labute approximate surface area is 166 Å². The number of benzene rings is 5. The van der Waals surface area contributed by atoms with E-state index in [0.717, 1.165) is 54.0 Å².